The zero-order valence-electron chi connectivity index (χ0n) is 11.6. The molecule has 2 nitrogen and oxygen atoms in total. The number of thiophene rings is 1. The van der Waals surface area contributed by atoms with E-state index in [1.165, 1.54) is 35.2 Å². The molecule has 1 aromatic heterocycles. The topological polar surface area (TPSA) is 21.3 Å². The molecular formula is C17H19NOS. The summed E-state index contributed by atoms with van der Waals surface area (Å²) in [6, 6.07) is 9.31. The molecule has 2 aliphatic heterocycles. The Hall–Kier alpha value is -1.32. The fourth-order valence-electron chi connectivity index (χ4n) is 3.57. The lowest BCUT2D eigenvalue weighted by atomic mass is 9.78. The quantitative estimate of drug-likeness (QED) is 0.820. The molecule has 1 saturated heterocycles. The minimum absolute atomic E-state index is 0.254. The minimum atomic E-state index is 0.254. The van der Waals surface area contributed by atoms with Crippen LogP contribution in [0.2, 0.25) is 0 Å². The average Bonchev–Trinajstić information content (AvgIpc) is 3.01. The van der Waals surface area contributed by atoms with E-state index in [1.54, 1.807) is 11.3 Å². The predicted molar refractivity (Wildman–Crippen MR) is 83.3 cm³/mol. The van der Waals surface area contributed by atoms with Crippen LogP contribution in [0.4, 0.5) is 5.69 Å². The smallest absolute Gasteiger partial charge is 0.0895 e. The summed E-state index contributed by atoms with van der Waals surface area (Å²) in [6.45, 7) is 3.05. The molecule has 0 radical (unpaired) electrons. The SMILES string of the molecule is Cc1ccc2c(c1)[C@H]1OCCC[C@H]1[C@H](c1ccsc1)N2. The standard InChI is InChI=1S/C17H19NOS/c1-11-4-5-15-14(9-11)17-13(3-2-7-19-17)16(18-15)12-6-8-20-10-12/h4-6,8-10,13,16-18H,2-3,7H2,1H3/t13-,16-,17-/m0/s1. The first-order chi connectivity index (χ1) is 9.83. The van der Waals surface area contributed by atoms with Crippen LogP contribution in [0.5, 0.6) is 0 Å². The first-order valence-electron chi connectivity index (χ1n) is 7.34. The first-order valence-corrected chi connectivity index (χ1v) is 8.28. The van der Waals surface area contributed by atoms with Gasteiger partial charge in [0, 0.05) is 23.8 Å². The van der Waals surface area contributed by atoms with E-state index >= 15 is 0 Å². The molecule has 3 heteroatoms. The molecule has 1 N–H and O–H groups in total. The summed E-state index contributed by atoms with van der Waals surface area (Å²) < 4.78 is 6.16. The third kappa shape index (κ3) is 1.97. The van der Waals surface area contributed by atoms with Gasteiger partial charge < -0.3 is 10.1 Å². The van der Waals surface area contributed by atoms with Crippen LogP contribution in [0.25, 0.3) is 0 Å². The first kappa shape index (κ1) is 12.4. The summed E-state index contributed by atoms with van der Waals surface area (Å²) in [5.41, 5.74) is 5.31. The van der Waals surface area contributed by atoms with Crippen LogP contribution in [0.1, 0.15) is 41.7 Å². The van der Waals surface area contributed by atoms with Gasteiger partial charge >= 0.3 is 0 Å². The number of rotatable bonds is 1. The number of benzene rings is 1. The molecule has 1 fully saturated rings. The van der Waals surface area contributed by atoms with E-state index in [2.05, 4.69) is 47.3 Å². The van der Waals surface area contributed by atoms with Gasteiger partial charge in [-0.3, -0.25) is 0 Å². The lowest BCUT2D eigenvalue weighted by Crippen LogP contribution is -2.35. The summed E-state index contributed by atoms with van der Waals surface area (Å²) in [5, 5.41) is 8.19. The Labute approximate surface area is 123 Å². The highest BCUT2D eigenvalue weighted by Gasteiger charge is 2.39. The molecule has 3 heterocycles. The number of ether oxygens (including phenoxy) is 1. The molecule has 3 atom stereocenters. The van der Waals surface area contributed by atoms with Gasteiger partial charge in [-0.15, -0.1) is 0 Å². The van der Waals surface area contributed by atoms with Crippen molar-refractivity contribution in [3.63, 3.8) is 0 Å². The van der Waals surface area contributed by atoms with Crippen LogP contribution in [-0.4, -0.2) is 6.61 Å². The molecular weight excluding hydrogens is 266 g/mol. The number of hydrogen-bond acceptors (Lipinski definition) is 3. The Balaban J connectivity index is 1.79. The van der Waals surface area contributed by atoms with Gasteiger partial charge in [0.15, 0.2) is 0 Å². The maximum Gasteiger partial charge on any atom is 0.0895 e. The molecule has 0 unspecified atom stereocenters. The Bertz CT molecular complexity index is 607. The van der Waals surface area contributed by atoms with Gasteiger partial charge in [-0.2, -0.15) is 11.3 Å². The molecule has 0 aliphatic carbocycles. The number of aryl methyl sites for hydroxylation is 1. The van der Waals surface area contributed by atoms with Gasteiger partial charge in [-0.25, -0.2) is 0 Å². The fraction of sp³-hybridized carbons (Fsp3) is 0.412. The van der Waals surface area contributed by atoms with Crippen molar-refractivity contribution in [2.45, 2.75) is 31.9 Å². The second-order valence-corrected chi connectivity index (χ2v) is 6.65. The average molecular weight is 285 g/mol. The van der Waals surface area contributed by atoms with Gasteiger partial charge in [0.1, 0.15) is 0 Å². The van der Waals surface area contributed by atoms with E-state index in [1.807, 2.05) is 0 Å². The molecule has 0 bridgehead atoms. The summed E-state index contributed by atoms with van der Waals surface area (Å²) in [5.74, 6) is 0.549. The minimum Gasteiger partial charge on any atom is -0.378 e. The zero-order chi connectivity index (χ0) is 13.5. The Morgan fingerprint density at radius 2 is 2.25 bits per heavy atom. The van der Waals surface area contributed by atoms with E-state index in [9.17, 15) is 0 Å². The fourth-order valence-corrected chi connectivity index (χ4v) is 4.27. The molecule has 4 rings (SSSR count). The van der Waals surface area contributed by atoms with Gasteiger partial charge in [0.05, 0.1) is 12.1 Å². The number of anilines is 1. The van der Waals surface area contributed by atoms with Crippen LogP contribution in [-0.2, 0) is 4.74 Å². The van der Waals surface area contributed by atoms with Gasteiger partial charge in [-0.1, -0.05) is 17.7 Å². The molecule has 20 heavy (non-hydrogen) atoms. The van der Waals surface area contributed by atoms with E-state index < -0.39 is 0 Å². The molecule has 2 aliphatic rings. The summed E-state index contributed by atoms with van der Waals surface area (Å²) in [7, 11) is 0. The third-order valence-corrected chi connectivity index (χ3v) is 5.22. The van der Waals surface area contributed by atoms with Crippen molar-refractivity contribution in [2.75, 3.05) is 11.9 Å². The van der Waals surface area contributed by atoms with Crippen LogP contribution in [0.15, 0.2) is 35.0 Å². The second-order valence-electron chi connectivity index (χ2n) is 5.87. The van der Waals surface area contributed by atoms with Gasteiger partial charge in [0.25, 0.3) is 0 Å². The molecule has 0 saturated carbocycles. The third-order valence-electron chi connectivity index (χ3n) is 4.52. The Morgan fingerprint density at radius 1 is 1.30 bits per heavy atom. The maximum absolute atomic E-state index is 6.16. The van der Waals surface area contributed by atoms with Crippen LogP contribution in [0, 0.1) is 12.8 Å². The van der Waals surface area contributed by atoms with E-state index in [0.717, 1.165) is 6.61 Å². The van der Waals surface area contributed by atoms with Crippen LogP contribution in [0.3, 0.4) is 0 Å². The number of nitrogens with one attached hydrogen (secondary N) is 1. The van der Waals surface area contributed by atoms with Crippen LogP contribution < -0.4 is 5.32 Å². The molecule has 104 valence electrons. The summed E-state index contributed by atoms with van der Waals surface area (Å²) >= 11 is 1.78. The second kappa shape index (κ2) is 4.90. The van der Waals surface area contributed by atoms with Crippen molar-refractivity contribution >= 4 is 17.0 Å². The van der Waals surface area contributed by atoms with Gasteiger partial charge in [0.2, 0.25) is 0 Å². The van der Waals surface area contributed by atoms with Crippen molar-refractivity contribution in [1.82, 2.24) is 0 Å². The van der Waals surface area contributed by atoms with E-state index in [0.29, 0.717) is 12.0 Å². The monoisotopic (exact) mass is 285 g/mol. The number of hydrogen-bond donors (Lipinski definition) is 1. The van der Waals surface area contributed by atoms with Crippen molar-refractivity contribution in [1.29, 1.82) is 0 Å². The highest BCUT2D eigenvalue weighted by molar-refractivity contribution is 7.08. The summed E-state index contributed by atoms with van der Waals surface area (Å²) in [6.07, 6.45) is 2.67. The lowest BCUT2D eigenvalue weighted by molar-refractivity contribution is -0.0381. The Morgan fingerprint density at radius 3 is 3.10 bits per heavy atom. The zero-order valence-corrected chi connectivity index (χ0v) is 12.5. The molecule has 0 spiro atoms. The van der Waals surface area contributed by atoms with Crippen molar-refractivity contribution in [3.8, 4) is 0 Å². The molecule has 2 aromatic rings. The normalized spacial score (nSPS) is 28.4. The van der Waals surface area contributed by atoms with Crippen molar-refractivity contribution in [3.05, 3.63) is 51.7 Å². The number of fused-ring (bicyclic) bond motifs is 3. The van der Waals surface area contributed by atoms with Crippen LogP contribution >= 0.6 is 11.3 Å². The highest BCUT2D eigenvalue weighted by Crippen LogP contribution is 2.49. The lowest BCUT2D eigenvalue weighted by Gasteiger charge is -2.43. The maximum atomic E-state index is 6.16. The summed E-state index contributed by atoms with van der Waals surface area (Å²) in [4.78, 5) is 0. The Kier molecular flexibility index (Phi) is 3.04. The largest absolute Gasteiger partial charge is 0.378 e. The van der Waals surface area contributed by atoms with Gasteiger partial charge in [-0.05, 0) is 48.2 Å². The van der Waals surface area contributed by atoms with Crippen molar-refractivity contribution in [2.24, 2.45) is 5.92 Å². The molecule has 0 amide bonds. The van der Waals surface area contributed by atoms with E-state index in [-0.39, 0.29) is 6.10 Å². The van der Waals surface area contributed by atoms with Crippen molar-refractivity contribution < 1.29 is 4.74 Å². The highest BCUT2D eigenvalue weighted by atomic mass is 32.1. The van der Waals surface area contributed by atoms with E-state index in [4.69, 9.17) is 4.74 Å². The molecule has 1 aromatic carbocycles. The predicted octanol–water partition coefficient (Wildman–Crippen LogP) is 4.69.